The Kier molecular flexibility index (Phi) is 5.13. The van der Waals surface area contributed by atoms with Crippen LogP contribution in [-0.2, 0) is 6.54 Å². The third-order valence-electron chi connectivity index (χ3n) is 3.75. The monoisotopic (exact) mass is 294 g/mol. The molecule has 1 aromatic carbocycles. The molecule has 0 amide bonds. The standard InChI is InChI=1S/C16H20F2N2O/c1-2-7-20-10-12-8-13(17)15(14(18)9-12)21-11-16(3-4-16)5-6-19/h8-9,20H,2-5,7,10-11H2,1H3. The largest absolute Gasteiger partial charge is 0.487 e. The zero-order valence-corrected chi connectivity index (χ0v) is 12.2. The van der Waals surface area contributed by atoms with E-state index in [1.165, 1.54) is 12.1 Å². The summed E-state index contributed by atoms with van der Waals surface area (Å²) in [4.78, 5) is 0. The summed E-state index contributed by atoms with van der Waals surface area (Å²) < 4.78 is 33.2. The van der Waals surface area contributed by atoms with Crippen LogP contribution in [0.15, 0.2) is 12.1 Å². The minimum atomic E-state index is -0.684. The SMILES string of the molecule is CCCNCc1cc(F)c(OCC2(CC#N)CC2)c(F)c1. The van der Waals surface area contributed by atoms with Gasteiger partial charge in [-0.05, 0) is 43.5 Å². The molecule has 0 atom stereocenters. The van der Waals surface area contributed by atoms with E-state index in [0.717, 1.165) is 25.8 Å². The van der Waals surface area contributed by atoms with Gasteiger partial charge in [-0.25, -0.2) is 8.78 Å². The molecule has 0 saturated heterocycles. The lowest BCUT2D eigenvalue weighted by atomic mass is 10.1. The highest BCUT2D eigenvalue weighted by molar-refractivity contribution is 5.31. The second-order valence-corrected chi connectivity index (χ2v) is 5.69. The fraction of sp³-hybridized carbons (Fsp3) is 0.562. The zero-order valence-electron chi connectivity index (χ0n) is 12.2. The molecule has 114 valence electrons. The Morgan fingerprint density at radius 1 is 1.33 bits per heavy atom. The Balaban J connectivity index is 1.99. The Labute approximate surface area is 123 Å². The Morgan fingerprint density at radius 3 is 2.52 bits per heavy atom. The van der Waals surface area contributed by atoms with Gasteiger partial charge >= 0.3 is 0 Å². The summed E-state index contributed by atoms with van der Waals surface area (Å²) in [6, 6.07) is 4.69. The van der Waals surface area contributed by atoms with E-state index in [1.54, 1.807) is 0 Å². The summed E-state index contributed by atoms with van der Waals surface area (Å²) in [5, 5.41) is 11.8. The first-order valence-electron chi connectivity index (χ1n) is 7.28. The summed E-state index contributed by atoms with van der Waals surface area (Å²) in [6.45, 7) is 3.46. The predicted octanol–water partition coefficient (Wildman–Crippen LogP) is 3.54. The van der Waals surface area contributed by atoms with E-state index in [0.29, 0.717) is 18.5 Å². The van der Waals surface area contributed by atoms with Crippen molar-refractivity contribution in [3.05, 3.63) is 29.3 Å². The molecule has 1 aromatic rings. The van der Waals surface area contributed by atoms with E-state index in [4.69, 9.17) is 10.00 Å². The van der Waals surface area contributed by atoms with Crippen molar-refractivity contribution in [1.29, 1.82) is 5.26 Å². The van der Waals surface area contributed by atoms with Gasteiger partial charge in [0.1, 0.15) is 0 Å². The Bertz CT molecular complexity index is 513. The van der Waals surface area contributed by atoms with Crippen LogP contribution in [-0.4, -0.2) is 13.2 Å². The van der Waals surface area contributed by atoms with Crippen LogP contribution in [0.1, 0.15) is 38.2 Å². The van der Waals surface area contributed by atoms with Crippen LogP contribution in [0.3, 0.4) is 0 Å². The number of benzene rings is 1. The van der Waals surface area contributed by atoms with E-state index < -0.39 is 11.6 Å². The number of nitrogens with zero attached hydrogens (tertiary/aromatic N) is 1. The minimum Gasteiger partial charge on any atom is -0.487 e. The third kappa shape index (κ3) is 4.15. The summed E-state index contributed by atoms with van der Waals surface area (Å²) >= 11 is 0. The number of hydrogen-bond donors (Lipinski definition) is 1. The van der Waals surface area contributed by atoms with Crippen molar-refractivity contribution >= 4 is 0 Å². The summed E-state index contributed by atoms with van der Waals surface area (Å²) in [5.74, 6) is -1.70. The van der Waals surface area contributed by atoms with Crippen LogP contribution in [0, 0.1) is 28.4 Å². The van der Waals surface area contributed by atoms with Crippen molar-refractivity contribution in [1.82, 2.24) is 5.32 Å². The maximum Gasteiger partial charge on any atom is 0.190 e. The van der Waals surface area contributed by atoms with Crippen LogP contribution in [0.5, 0.6) is 5.75 Å². The number of ether oxygens (including phenoxy) is 1. The molecule has 5 heteroatoms. The van der Waals surface area contributed by atoms with E-state index >= 15 is 0 Å². The fourth-order valence-corrected chi connectivity index (χ4v) is 2.20. The molecule has 0 bridgehead atoms. The topological polar surface area (TPSA) is 45.0 Å². The molecule has 3 nitrogen and oxygen atoms in total. The molecular weight excluding hydrogens is 274 g/mol. The van der Waals surface area contributed by atoms with E-state index in [9.17, 15) is 8.78 Å². The van der Waals surface area contributed by atoms with Gasteiger partial charge in [0.25, 0.3) is 0 Å². The molecule has 0 heterocycles. The van der Waals surface area contributed by atoms with Crippen molar-refractivity contribution in [2.24, 2.45) is 5.41 Å². The van der Waals surface area contributed by atoms with Crippen LogP contribution < -0.4 is 10.1 Å². The first-order valence-corrected chi connectivity index (χ1v) is 7.28. The molecule has 0 aromatic heterocycles. The maximum absolute atomic E-state index is 13.9. The highest BCUT2D eigenvalue weighted by atomic mass is 19.1. The average Bonchev–Trinajstić information content (AvgIpc) is 3.18. The van der Waals surface area contributed by atoms with Gasteiger partial charge in [0.05, 0.1) is 12.7 Å². The summed E-state index contributed by atoms with van der Waals surface area (Å²) in [5.41, 5.74) is 0.360. The number of hydrogen-bond acceptors (Lipinski definition) is 3. The lowest BCUT2D eigenvalue weighted by Crippen LogP contribution is -2.16. The van der Waals surface area contributed by atoms with Gasteiger partial charge in [0.15, 0.2) is 17.4 Å². The molecule has 2 rings (SSSR count). The van der Waals surface area contributed by atoms with Crippen molar-refractivity contribution in [2.75, 3.05) is 13.2 Å². The van der Waals surface area contributed by atoms with Gasteiger partial charge in [0, 0.05) is 18.4 Å². The highest BCUT2D eigenvalue weighted by Gasteiger charge is 2.43. The molecule has 1 fully saturated rings. The van der Waals surface area contributed by atoms with Gasteiger partial charge in [-0.2, -0.15) is 5.26 Å². The number of nitriles is 1. The van der Waals surface area contributed by atoms with Crippen molar-refractivity contribution < 1.29 is 13.5 Å². The fourth-order valence-electron chi connectivity index (χ4n) is 2.20. The molecule has 21 heavy (non-hydrogen) atoms. The lowest BCUT2D eigenvalue weighted by molar-refractivity contribution is 0.218. The highest BCUT2D eigenvalue weighted by Crippen LogP contribution is 2.48. The van der Waals surface area contributed by atoms with E-state index in [-0.39, 0.29) is 17.8 Å². The first kappa shape index (κ1) is 15.7. The lowest BCUT2D eigenvalue weighted by Gasteiger charge is -2.15. The summed E-state index contributed by atoms with van der Waals surface area (Å²) in [7, 11) is 0. The van der Waals surface area contributed by atoms with Crippen molar-refractivity contribution in [3.63, 3.8) is 0 Å². The molecule has 0 radical (unpaired) electrons. The van der Waals surface area contributed by atoms with E-state index in [1.807, 2.05) is 6.92 Å². The molecule has 1 N–H and O–H groups in total. The van der Waals surface area contributed by atoms with Crippen molar-refractivity contribution in [2.45, 2.75) is 39.2 Å². The molecule has 0 spiro atoms. The van der Waals surface area contributed by atoms with Gasteiger partial charge < -0.3 is 10.1 Å². The second-order valence-electron chi connectivity index (χ2n) is 5.69. The molecule has 0 aliphatic heterocycles. The molecule has 1 aliphatic rings. The van der Waals surface area contributed by atoms with E-state index in [2.05, 4.69) is 11.4 Å². The first-order chi connectivity index (χ1) is 10.1. The summed E-state index contributed by atoms with van der Waals surface area (Å²) in [6.07, 6.45) is 3.09. The van der Waals surface area contributed by atoms with Gasteiger partial charge in [0.2, 0.25) is 0 Å². The Morgan fingerprint density at radius 2 is 2.00 bits per heavy atom. The molecule has 1 saturated carbocycles. The Hall–Kier alpha value is -1.67. The van der Waals surface area contributed by atoms with Crippen LogP contribution in [0.4, 0.5) is 8.78 Å². The maximum atomic E-state index is 13.9. The third-order valence-corrected chi connectivity index (χ3v) is 3.75. The molecule has 0 unspecified atom stereocenters. The normalized spacial score (nSPS) is 15.5. The van der Waals surface area contributed by atoms with Crippen LogP contribution >= 0.6 is 0 Å². The van der Waals surface area contributed by atoms with Gasteiger partial charge in [-0.15, -0.1) is 0 Å². The molecule has 1 aliphatic carbocycles. The predicted molar refractivity (Wildman–Crippen MR) is 75.7 cm³/mol. The average molecular weight is 294 g/mol. The number of nitrogens with one attached hydrogen (secondary N) is 1. The van der Waals surface area contributed by atoms with Crippen molar-refractivity contribution in [3.8, 4) is 11.8 Å². The number of halogens is 2. The zero-order chi connectivity index (χ0) is 15.3. The minimum absolute atomic E-state index is 0.196. The number of rotatable bonds is 8. The van der Waals surface area contributed by atoms with Gasteiger partial charge in [-0.3, -0.25) is 0 Å². The smallest absolute Gasteiger partial charge is 0.190 e. The quantitative estimate of drug-likeness (QED) is 0.746. The van der Waals surface area contributed by atoms with Crippen LogP contribution in [0.25, 0.3) is 0 Å². The second kappa shape index (κ2) is 6.86. The van der Waals surface area contributed by atoms with Crippen LogP contribution in [0.2, 0.25) is 0 Å². The van der Waals surface area contributed by atoms with Gasteiger partial charge in [-0.1, -0.05) is 6.92 Å². The molecular formula is C16H20F2N2O.